The van der Waals surface area contributed by atoms with Crippen molar-refractivity contribution in [3.05, 3.63) is 95.3 Å². The molecular weight excluding hydrogens is 334 g/mol. The van der Waals surface area contributed by atoms with Crippen LogP contribution < -0.4 is 4.74 Å². The Morgan fingerprint density at radius 3 is 2.67 bits per heavy atom. The summed E-state index contributed by atoms with van der Waals surface area (Å²) in [5, 5.41) is 7.08. The van der Waals surface area contributed by atoms with Gasteiger partial charge in [-0.15, -0.1) is 0 Å². The van der Waals surface area contributed by atoms with E-state index >= 15 is 0 Å². The summed E-state index contributed by atoms with van der Waals surface area (Å²) in [5.41, 5.74) is 5.78. The van der Waals surface area contributed by atoms with Crippen molar-refractivity contribution in [3.63, 3.8) is 0 Å². The van der Waals surface area contributed by atoms with E-state index in [-0.39, 0.29) is 12.3 Å². The van der Waals surface area contributed by atoms with Crippen LogP contribution in [0.15, 0.2) is 78.2 Å². The first-order valence-corrected chi connectivity index (χ1v) is 9.44. The van der Waals surface area contributed by atoms with Gasteiger partial charge in [-0.05, 0) is 24.1 Å². The van der Waals surface area contributed by atoms with Crippen LogP contribution in [0.2, 0.25) is 0 Å². The molecule has 0 amide bonds. The van der Waals surface area contributed by atoms with Gasteiger partial charge in [-0.1, -0.05) is 55.5 Å². The molecule has 2 aliphatic heterocycles. The van der Waals surface area contributed by atoms with Gasteiger partial charge in [-0.2, -0.15) is 5.10 Å². The smallest absolute Gasteiger partial charge is 0.213 e. The first-order chi connectivity index (χ1) is 13.3. The highest BCUT2D eigenvalue weighted by atomic mass is 16.5. The van der Waals surface area contributed by atoms with Gasteiger partial charge in [0, 0.05) is 35.5 Å². The largest absolute Gasteiger partial charge is 0.464 e. The van der Waals surface area contributed by atoms with E-state index in [1.54, 1.807) is 6.20 Å². The van der Waals surface area contributed by atoms with E-state index in [2.05, 4.69) is 65.4 Å². The molecule has 4 heteroatoms. The van der Waals surface area contributed by atoms with E-state index in [0.29, 0.717) is 0 Å². The normalized spacial score (nSPS) is 20.5. The first-order valence-electron chi connectivity index (χ1n) is 9.44. The average molecular weight is 355 g/mol. The third-order valence-electron chi connectivity index (χ3n) is 5.37. The summed E-state index contributed by atoms with van der Waals surface area (Å²) in [7, 11) is 0. The SMILES string of the molecule is CCc1ccc([C@H]2Oc3ccccc3[C@H]3CC(c4cccnc4)=NN32)cc1. The summed E-state index contributed by atoms with van der Waals surface area (Å²) >= 11 is 0. The molecule has 3 aromatic rings. The van der Waals surface area contributed by atoms with Gasteiger partial charge in [0.15, 0.2) is 0 Å². The number of pyridine rings is 1. The van der Waals surface area contributed by atoms with Gasteiger partial charge in [-0.3, -0.25) is 4.98 Å². The molecule has 4 nitrogen and oxygen atoms in total. The molecule has 0 radical (unpaired) electrons. The van der Waals surface area contributed by atoms with E-state index in [1.165, 1.54) is 11.1 Å². The highest BCUT2D eigenvalue weighted by Crippen LogP contribution is 2.47. The molecule has 1 aromatic heterocycles. The second-order valence-electron chi connectivity index (χ2n) is 6.99. The fourth-order valence-corrected chi connectivity index (χ4v) is 3.88. The van der Waals surface area contributed by atoms with Crippen molar-refractivity contribution in [2.75, 3.05) is 0 Å². The molecule has 0 N–H and O–H groups in total. The van der Waals surface area contributed by atoms with E-state index in [1.807, 2.05) is 18.3 Å². The summed E-state index contributed by atoms with van der Waals surface area (Å²) < 4.78 is 6.39. The molecule has 0 aliphatic carbocycles. The molecule has 0 spiro atoms. The molecule has 0 fully saturated rings. The van der Waals surface area contributed by atoms with Gasteiger partial charge in [0.2, 0.25) is 6.23 Å². The maximum absolute atomic E-state index is 6.39. The third kappa shape index (κ3) is 2.78. The van der Waals surface area contributed by atoms with Gasteiger partial charge < -0.3 is 4.74 Å². The van der Waals surface area contributed by atoms with E-state index in [9.17, 15) is 0 Å². The maximum atomic E-state index is 6.39. The molecule has 0 bridgehead atoms. The van der Waals surface area contributed by atoms with Crippen LogP contribution in [0.3, 0.4) is 0 Å². The first kappa shape index (κ1) is 16.1. The van der Waals surface area contributed by atoms with E-state index in [0.717, 1.165) is 35.4 Å². The van der Waals surface area contributed by atoms with Gasteiger partial charge >= 0.3 is 0 Å². The molecule has 0 unspecified atom stereocenters. The molecule has 2 atom stereocenters. The molecule has 0 saturated carbocycles. The standard InChI is InChI=1S/C23H21N3O/c1-2-16-9-11-17(12-10-16)23-26-21(19-7-3-4-8-22(19)27-23)14-20(25-26)18-6-5-13-24-15-18/h3-13,15,21,23H,2,14H2,1H3/t21-,23-/m1/s1. The number of aryl methyl sites for hydroxylation is 1. The van der Waals surface area contributed by atoms with Crippen LogP contribution in [0.4, 0.5) is 0 Å². The lowest BCUT2D eigenvalue weighted by Gasteiger charge is -2.38. The van der Waals surface area contributed by atoms with Crippen LogP contribution in [0.5, 0.6) is 5.75 Å². The van der Waals surface area contributed by atoms with Crippen LogP contribution in [0, 0.1) is 0 Å². The van der Waals surface area contributed by atoms with Crippen molar-refractivity contribution in [3.8, 4) is 5.75 Å². The molecule has 27 heavy (non-hydrogen) atoms. The minimum Gasteiger partial charge on any atom is -0.464 e. The lowest BCUT2D eigenvalue weighted by atomic mass is 9.96. The fraction of sp³-hybridized carbons (Fsp3) is 0.217. The summed E-state index contributed by atoms with van der Waals surface area (Å²) in [5.74, 6) is 0.950. The summed E-state index contributed by atoms with van der Waals surface area (Å²) in [6.45, 7) is 2.17. The number of fused-ring (bicyclic) bond motifs is 3. The number of hydrazone groups is 1. The zero-order chi connectivity index (χ0) is 18.2. The van der Waals surface area contributed by atoms with Gasteiger partial charge in [-0.25, -0.2) is 5.01 Å². The molecule has 3 heterocycles. The number of hydrogen-bond donors (Lipinski definition) is 0. The number of nitrogens with zero attached hydrogens (tertiary/aromatic N) is 3. The number of rotatable bonds is 3. The average Bonchev–Trinajstić information content (AvgIpc) is 3.20. The zero-order valence-corrected chi connectivity index (χ0v) is 15.2. The van der Waals surface area contributed by atoms with Crippen molar-refractivity contribution in [2.45, 2.75) is 32.0 Å². The Bertz CT molecular complexity index is 982. The van der Waals surface area contributed by atoms with Crippen LogP contribution in [0.1, 0.15) is 47.9 Å². The maximum Gasteiger partial charge on any atom is 0.213 e. The predicted molar refractivity (Wildman–Crippen MR) is 106 cm³/mol. The quantitative estimate of drug-likeness (QED) is 0.671. The monoisotopic (exact) mass is 355 g/mol. The van der Waals surface area contributed by atoms with E-state index in [4.69, 9.17) is 9.84 Å². The highest BCUT2D eigenvalue weighted by Gasteiger charge is 2.40. The zero-order valence-electron chi connectivity index (χ0n) is 15.2. The number of benzene rings is 2. The van der Waals surface area contributed by atoms with Crippen molar-refractivity contribution >= 4 is 5.71 Å². The van der Waals surface area contributed by atoms with Crippen molar-refractivity contribution in [1.29, 1.82) is 0 Å². The Hall–Kier alpha value is -3.14. The minimum absolute atomic E-state index is 0.181. The minimum atomic E-state index is -0.218. The van der Waals surface area contributed by atoms with Crippen molar-refractivity contribution in [1.82, 2.24) is 9.99 Å². The number of hydrogen-bond acceptors (Lipinski definition) is 4. The Labute approximate surface area is 159 Å². The Balaban J connectivity index is 1.57. The summed E-state index contributed by atoms with van der Waals surface area (Å²) in [6.07, 6.45) is 5.35. The number of aromatic nitrogens is 1. The predicted octanol–water partition coefficient (Wildman–Crippen LogP) is 4.89. The lowest BCUT2D eigenvalue weighted by Crippen LogP contribution is -2.33. The van der Waals surface area contributed by atoms with E-state index < -0.39 is 0 Å². The van der Waals surface area contributed by atoms with Crippen LogP contribution in [-0.4, -0.2) is 15.7 Å². The lowest BCUT2D eigenvalue weighted by molar-refractivity contribution is -0.0190. The molecule has 5 rings (SSSR count). The number of ether oxygens (including phenoxy) is 1. The van der Waals surface area contributed by atoms with Crippen LogP contribution >= 0.6 is 0 Å². The Morgan fingerprint density at radius 1 is 1.04 bits per heavy atom. The molecule has 2 aliphatic rings. The van der Waals surface area contributed by atoms with Crippen LogP contribution in [-0.2, 0) is 6.42 Å². The second-order valence-corrected chi connectivity index (χ2v) is 6.99. The van der Waals surface area contributed by atoms with Gasteiger partial charge in [0.1, 0.15) is 5.75 Å². The van der Waals surface area contributed by atoms with Crippen molar-refractivity contribution in [2.24, 2.45) is 5.10 Å². The van der Waals surface area contributed by atoms with Crippen molar-refractivity contribution < 1.29 is 4.74 Å². The fourth-order valence-electron chi connectivity index (χ4n) is 3.88. The summed E-state index contributed by atoms with van der Waals surface area (Å²) in [4.78, 5) is 4.26. The molecular formula is C23H21N3O. The number of para-hydroxylation sites is 1. The van der Waals surface area contributed by atoms with Gasteiger partial charge in [0.25, 0.3) is 0 Å². The highest BCUT2D eigenvalue weighted by molar-refractivity contribution is 6.01. The Kier molecular flexibility index (Phi) is 3.89. The molecule has 2 aromatic carbocycles. The summed E-state index contributed by atoms with van der Waals surface area (Å²) in [6, 6.07) is 21.2. The Morgan fingerprint density at radius 2 is 1.89 bits per heavy atom. The second kappa shape index (κ2) is 6.54. The van der Waals surface area contributed by atoms with Gasteiger partial charge in [0.05, 0.1) is 11.8 Å². The molecule has 134 valence electrons. The third-order valence-corrected chi connectivity index (χ3v) is 5.37. The molecule has 0 saturated heterocycles. The topological polar surface area (TPSA) is 37.7 Å². The van der Waals surface area contributed by atoms with Crippen LogP contribution in [0.25, 0.3) is 0 Å².